The van der Waals surface area contributed by atoms with Crippen molar-refractivity contribution in [3.05, 3.63) is 60.8 Å². The molecule has 0 rings (SSSR count). The van der Waals surface area contributed by atoms with Crippen molar-refractivity contribution in [3.8, 4) is 0 Å². The molecule has 6 nitrogen and oxygen atoms in total. The van der Waals surface area contributed by atoms with E-state index in [1.165, 1.54) is 212 Å². The number of carbonyl (C=O) groups is 2. The van der Waals surface area contributed by atoms with Crippen molar-refractivity contribution in [2.75, 3.05) is 13.2 Å². The minimum atomic E-state index is -0.848. The fraction of sp³-hybridized carbons (Fsp3) is 0.806. The van der Waals surface area contributed by atoms with Crippen LogP contribution in [-0.2, 0) is 14.3 Å². The van der Waals surface area contributed by atoms with Crippen LogP contribution in [0.4, 0.5) is 0 Å². The number of hydrogen-bond acceptors (Lipinski definition) is 5. The summed E-state index contributed by atoms with van der Waals surface area (Å²) in [7, 11) is 0. The Kier molecular flexibility index (Phi) is 55.1. The molecule has 0 aromatic carbocycles. The highest BCUT2D eigenvalue weighted by Gasteiger charge is 2.18. The quantitative estimate of drug-likeness (QED) is 0.0321. The molecule has 6 heteroatoms. The largest absolute Gasteiger partial charge is 0.466 e. The smallest absolute Gasteiger partial charge is 0.305 e. The maximum Gasteiger partial charge on any atom is 0.305 e. The fourth-order valence-electron chi connectivity index (χ4n) is 8.68. The zero-order chi connectivity index (χ0) is 49.3. The van der Waals surface area contributed by atoms with Crippen molar-refractivity contribution in [3.63, 3.8) is 0 Å². The lowest BCUT2D eigenvalue weighted by atomic mass is 10.0. The molecule has 396 valence electrons. The number of aliphatic hydroxyl groups is 2. The van der Waals surface area contributed by atoms with Gasteiger partial charge in [0.25, 0.3) is 0 Å². The normalized spacial score (nSPS) is 13.1. The summed E-state index contributed by atoms with van der Waals surface area (Å²) in [6, 6.07) is -0.632. The van der Waals surface area contributed by atoms with E-state index in [1.54, 1.807) is 6.08 Å². The summed E-state index contributed by atoms with van der Waals surface area (Å²) in [5.41, 5.74) is 0. The van der Waals surface area contributed by atoms with E-state index in [0.717, 1.165) is 57.8 Å². The van der Waals surface area contributed by atoms with Crippen LogP contribution in [0.25, 0.3) is 0 Å². The third-order valence-electron chi connectivity index (χ3n) is 13.3. The van der Waals surface area contributed by atoms with Gasteiger partial charge in [-0.25, -0.2) is 0 Å². The van der Waals surface area contributed by atoms with Gasteiger partial charge in [-0.1, -0.05) is 254 Å². The van der Waals surface area contributed by atoms with Gasteiger partial charge >= 0.3 is 5.97 Å². The fourth-order valence-corrected chi connectivity index (χ4v) is 8.68. The van der Waals surface area contributed by atoms with Crippen LogP contribution in [0.5, 0.6) is 0 Å². The molecule has 0 bridgehead atoms. The van der Waals surface area contributed by atoms with Crippen molar-refractivity contribution >= 4 is 11.9 Å². The first kappa shape index (κ1) is 65.6. The van der Waals surface area contributed by atoms with Gasteiger partial charge in [0, 0.05) is 12.8 Å². The third-order valence-corrected chi connectivity index (χ3v) is 13.3. The van der Waals surface area contributed by atoms with Gasteiger partial charge in [-0.3, -0.25) is 9.59 Å². The van der Waals surface area contributed by atoms with Crippen LogP contribution in [0, 0.1) is 0 Å². The molecule has 0 aliphatic carbocycles. The molecule has 1 amide bonds. The van der Waals surface area contributed by atoms with E-state index in [0.29, 0.717) is 19.4 Å². The standard InChI is InChI=1S/C62H113NO5/c1-3-5-7-9-11-13-15-17-32-36-40-44-48-52-56-62(67)68-57-53-49-45-41-37-33-30-28-26-24-22-20-18-19-21-23-25-27-29-31-35-39-43-47-51-55-61(66)63-59(58-64)60(65)54-50-46-42-38-34-16-14-12-10-8-6-4-2/h9,11,15,17,19-22,50,54,59-60,64-65H,3-8,10,12-14,16,18,23-49,51-53,55-58H2,1-2H3,(H,63,66)/b11-9-,17-15-,21-19-,22-20-,54-50+. The van der Waals surface area contributed by atoms with Crippen LogP contribution in [-0.4, -0.2) is 47.4 Å². The molecular formula is C62H113NO5. The monoisotopic (exact) mass is 952 g/mol. The predicted octanol–water partition coefficient (Wildman–Crippen LogP) is 18.4. The minimum absolute atomic E-state index is 0.00697. The van der Waals surface area contributed by atoms with E-state index < -0.39 is 12.1 Å². The molecule has 0 radical (unpaired) electrons. The van der Waals surface area contributed by atoms with Crippen LogP contribution >= 0.6 is 0 Å². The Morgan fingerprint density at radius 1 is 0.412 bits per heavy atom. The molecular weight excluding hydrogens is 839 g/mol. The lowest BCUT2D eigenvalue weighted by Crippen LogP contribution is -2.45. The highest BCUT2D eigenvalue weighted by molar-refractivity contribution is 5.76. The number of amides is 1. The number of hydrogen-bond donors (Lipinski definition) is 3. The number of allylic oxidation sites excluding steroid dienone is 9. The van der Waals surface area contributed by atoms with E-state index in [9.17, 15) is 19.8 Å². The first-order valence-electron chi connectivity index (χ1n) is 29.6. The first-order chi connectivity index (χ1) is 33.5. The molecule has 2 atom stereocenters. The van der Waals surface area contributed by atoms with Gasteiger partial charge in [-0.05, 0) is 89.9 Å². The van der Waals surface area contributed by atoms with E-state index in [-0.39, 0.29) is 18.5 Å². The van der Waals surface area contributed by atoms with Gasteiger partial charge in [0.05, 0.1) is 25.4 Å². The molecule has 0 aliphatic rings. The van der Waals surface area contributed by atoms with Crippen LogP contribution in [0.3, 0.4) is 0 Å². The Morgan fingerprint density at radius 2 is 0.750 bits per heavy atom. The molecule has 68 heavy (non-hydrogen) atoms. The second-order valence-corrected chi connectivity index (χ2v) is 20.0. The average molecular weight is 953 g/mol. The molecule has 0 spiro atoms. The maximum absolute atomic E-state index is 12.4. The van der Waals surface area contributed by atoms with Crippen molar-refractivity contribution < 1.29 is 24.5 Å². The van der Waals surface area contributed by atoms with Crippen LogP contribution in [0.2, 0.25) is 0 Å². The predicted molar refractivity (Wildman–Crippen MR) is 296 cm³/mol. The molecule has 0 aromatic rings. The lowest BCUT2D eigenvalue weighted by Gasteiger charge is -2.20. The van der Waals surface area contributed by atoms with E-state index in [1.807, 2.05) is 6.08 Å². The van der Waals surface area contributed by atoms with E-state index in [2.05, 4.69) is 67.8 Å². The van der Waals surface area contributed by atoms with Crippen molar-refractivity contribution in [2.45, 2.75) is 309 Å². The Labute approximate surface area is 422 Å². The molecule has 0 aliphatic heterocycles. The number of rotatable bonds is 54. The number of ether oxygens (including phenoxy) is 1. The summed E-state index contributed by atoms with van der Waals surface area (Å²) >= 11 is 0. The van der Waals surface area contributed by atoms with Crippen LogP contribution in [0.15, 0.2) is 60.8 Å². The molecule has 3 N–H and O–H groups in total. The second-order valence-electron chi connectivity index (χ2n) is 20.0. The van der Waals surface area contributed by atoms with Gasteiger partial charge in [-0.2, -0.15) is 0 Å². The summed E-state index contributed by atoms with van der Waals surface area (Å²) in [6.07, 6.45) is 73.9. The SMILES string of the molecule is CCCC/C=C\C/C=C\CCCCCCCC(=O)OCCCCCCCCCCC/C=C\C/C=C\CCCCCCCCCCCC(=O)NC(CO)C(O)/C=C/CCCCCCCCCCCC. The number of esters is 1. The first-order valence-corrected chi connectivity index (χ1v) is 29.6. The number of carbonyl (C=O) groups excluding carboxylic acids is 2. The molecule has 0 saturated heterocycles. The van der Waals surface area contributed by atoms with E-state index >= 15 is 0 Å². The summed E-state index contributed by atoms with van der Waals surface area (Å²) in [5, 5.41) is 23.0. The summed E-state index contributed by atoms with van der Waals surface area (Å²) < 4.78 is 5.46. The minimum Gasteiger partial charge on any atom is -0.466 e. The zero-order valence-corrected chi connectivity index (χ0v) is 45.1. The Morgan fingerprint density at radius 3 is 1.16 bits per heavy atom. The number of nitrogens with one attached hydrogen (secondary N) is 1. The summed E-state index contributed by atoms with van der Waals surface area (Å²) in [4.78, 5) is 24.5. The Balaban J connectivity index is 3.46. The molecule has 0 fully saturated rings. The Hall–Kier alpha value is -2.44. The van der Waals surface area contributed by atoms with Gasteiger partial charge in [-0.15, -0.1) is 0 Å². The number of aliphatic hydroxyl groups excluding tert-OH is 2. The topological polar surface area (TPSA) is 95.9 Å². The average Bonchev–Trinajstić information content (AvgIpc) is 3.34. The van der Waals surface area contributed by atoms with Crippen molar-refractivity contribution in [2.24, 2.45) is 0 Å². The number of unbranched alkanes of at least 4 members (excludes halogenated alkanes) is 35. The van der Waals surface area contributed by atoms with Crippen molar-refractivity contribution in [1.82, 2.24) is 5.32 Å². The van der Waals surface area contributed by atoms with Crippen molar-refractivity contribution in [1.29, 1.82) is 0 Å². The molecule has 0 aromatic heterocycles. The Bertz CT molecular complexity index is 1190. The van der Waals surface area contributed by atoms with Crippen LogP contribution < -0.4 is 5.32 Å². The van der Waals surface area contributed by atoms with Gasteiger partial charge in [0.2, 0.25) is 5.91 Å². The van der Waals surface area contributed by atoms with Crippen LogP contribution in [0.1, 0.15) is 296 Å². The van der Waals surface area contributed by atoms with Gasteiger partial charge in [0.1, 0.15) is 0 Å². The molecule has 0 saturated carbocycles. The lowest BCUT2D eigenvalue weighted by molar-refractivity contribution is -0.143. The summed E-state index contributed by atoms with van der Waals surface area (Å²) in [6.45, 7) is 4.84. The third kappa shape index (κ3) is 52.9. The molecule has 2 unspecified atom stereocenters. The van der Waals surface area contributed by atoms with E-state index in [4.69, 9.17) is 4.74 Å². The van der Waals surface area contributed by atoms with Gasteiger partial charge < -0.3 is 20.3 Å². The maximum atomic E-state index is 12.4. The zero-order valence-electron chi connectivity index (χ0n) is 45.1. The highest BCUT2D eigenvalue weighted by atomic mass is 16.5. The molecule has 0 heterocycles. The van der Waals surface area contributed by atoms with Gasteiger partial charge in [0.15, 0.2) is 0 Å². The second kappa shape index (κ2) is 57.1. The summed E-state index contributed by atoms with van der Waals surface area (Å²) in [5.74, 6) is -0.0828. The highest BCUT2D eigenvalue weighted by Crippen LogP contribution is 2.15.